The summed E-state index contributed by atoms with van der Waals surface area (Å²) in [5.41, 5.74) is -0.585. The Balaban J connectivity index is 3.30. The fourth-order valence-corrected chi connectivity index (χ4v) is 2.24. The summed E-state index contributed by atoms with van der Waals surface area (Å²) in [6.45, 7) is 0. The van der Waals surface area contributed by atoms with Crippen LogP contribution in [0.5, 0.6) is 5.75 Å². The molecular formula is C8H3Br2F3O3. The third-order valence-electron chi connectivity index (χ3n) is 1.46. The first-order valence-corrected chi connectivity index (χ1v) is 5.27. The zero-order chi connectivity index (χ0) is 12.5. The van der Waals surface area contributed by atoms with E-state index in [2.05, 4.69) is 36.6 Å². The SMILES string of the molecule is O=C(O)c1cc(Br)cc(Br)c1OC(F)(F)F. The highest BCUT2D eigenvalue weighted by Gasteiger charge is 2.34. The Kier molecular flexibility index (Phi) is 3.84. The van der Waals surface area contributed by atoms with Crippen LogP contribution in [0.2, 0.25) is 0 Å². The quantitative estimate of drug-likeness (QED) is 0.869. The molecule has 0 fully saturated rings. The normalized spacial score (nSPS) is 11.3. The summed E-state index contributed by atoms with van der Waals surface area (Å²) in [7, 11) is 0. The molecular weight excluding hydrogens is 361 g/mol. The van der Waals surface area contributed by atoms with E-state index < -0.39 is 23.6 Å². The Bertz CT molecular complexity index is 431. The molecule has 0 heterocycles. The standard InChI is InChI=1S/C8H3Br2F3O3/c9-3-1-4(7(14)15)6(5(10)2-3)16-8(11,12)13/h1-2H,(H,14,15). The van der Waals surface area contributed by atoms with Crippen molar-refractivity contribution in [1.82, 2.24) is 0 Å². The number of hydrogen-bond acceptors (Lipinski definition) is 2. The van der Waals surface area contributed by atoms with Gasteiger partial charge >= 0.3 is 12.3 Å². The topological polar surface area (TPSA) is 46.5 Å². The molecule has 0 aromatic heterocycles. The first kappa shape index (κ1) is 13.3. The molecule has 88 valence electrons. The Labute approximate surface area is 104 Å². The number of halogens is 5. The van der Waals surface area contributed by atoms with E-state index in [1.165, 1.54) is 6.07 Å². The molecule has 16 heavy (non-hydrogen) atoms. The van der Waals surface area contributed by atoms with Gasteiger partial charge in [-0.3, -0.25) is 0 Å². The summed E-state index contributed by atoms with van der Waals surface area (Å²) in [4.78, 5) is 10.7. The van der Waals surface area contributed by atoms with Crippen LogP contribution in [0.3, 0.4) is 0 Å². The number of alkyl halides is 3. The van der Waals surface area contributed by atoms with Crippen LogP contribution in [0, 0.1) is 0 Å². The number of carboxylic acid groups (broad SMARTS) is 1. The lowest BCUT2D eigenvalue weighted by Gasteiger charge is -2.13. The van der Waals surface area contributed by atoms with Crippen molar-refractivity contribution in [2.24, 2.45) is 0 Å². The van der Waals surface area contributed by atoms with Gasteiger partial charge in [-0.1, -0.05) is 15.9 Å². The monoisotopic (exact) mass is 362 g/mol. The van der Waals surface area contributed by atoms with Crippen LogP contribution in [0.1, 0.15) is 10.4 Å². The smallest absolute Gasteiger partial charge is 0.478 e. The highest BCUT2D eigenvalue weighted by molar-refractivity contribution is 9.11. The van der Waals surface area contributed by atoms with Gasteiger partial charge in [0.15, 0.2) is 5.75 Å². The van der Waals surface area contributed by atoms with Crippen molar-refractivity contribution in [3.05, 3.63) is 26.6 Å². The maximum atomic E-state index is 12.0. The molecule has 1 aromatic carbocycles. The molecule has 0 atom stereocenters. The lowest BCUT2D eigenvalue weighted by Crippen LogP contribution is -2.19. The first-order valence-electron chi connectivity index (χ1n) is 3.69. The summed E-state index contributed by atoms with van der Waals surface area (Å²) in [5.74, 6) is -2.29. The number of aromatic carboxylic acids is 1. The van der Waals surface area contributed by atoms with Gasteiger partial charge in [0.1, 0.15) is 5.56 Å². The third kappa shape index (κ3) is 3.38. The lowest BCUT2D eigenvalue weighted by molar-refractivity contribution is -0.275. The maximum absolute atomic E-state index is 12.0. The van der Waals surface area contributed by atoms with Gasteiger partial charge in [0.05, 0.1) is 4.47 Å². The predicted molar refractivity (Wildman–Crippen MR) is 55.5 cm³/mol. The van der Waals surface area contributed by atoms with Gasteiger partial charge in [-0.2, -0.15) is 0 Å². The molecule has 0 amide bonds. The van der Waals surface area contributed by atoms with Crippen LogP contribution in [0.15, 0.2) is 21.1 Å². The number of hydrogen-bond donors (Lipinski definition) is 1. The molecule has 1 rings (SSSR count). The van der Waals surface area contributed by atoms with E-state index in [-0.39, 0.29) is 4.47 Å². The van der Waals surface area contributed by atoms with Crippen LogP contribution in [-0.4, -0.2) is 17.4 Å². The molecule has 0 saturated heterocycles. The molecule has 0 aliphatic heterocycles. The number of benzene rings is 1. The van der Waals surface area contributed by atoms with Crippen molar-refractivity contribution in [3.8, 4) is 5.75 Å². The van der Waals surface area contributed by atoms with Gasteiger partial charge in [-0.05, 0) is 28.1 Å². The van der Waals surface area contributed by atoms with E-state index in [0.717, 1.165) is 6.07 Å². The number of ether oxygens (including phenoxy) is 1. The highest BCUT2D eigenvalue weighted by Crippen LogP contribution is 2.36. The molecule has 1 aromatic rings. The molecule has 0 aliphatic carbocycles. The zero-order valence-electron chi connectivity index (χ0n) is 7.31. The second kappa shape index (κ2) is 4.62. The predicted octanol–water partition coefficient (Wildman–Crippen LogP) is 3.81. The third-order valence-corrected chi connectivity index (χ3v) is 2.50. The Hall–Kier alpha value is -0.760. The summed E-state index contributed by atoms with van der Waals surface area (Å²) >= 11 is 5.77. The lowest BCUT2D eigenvalue weighted by atomic mass is 10.2. The van der Waals surface area contributed by atoms with Gasteiger partial charge in [0.2, 0.25) is 0 Å². The molecule has 0 saturated carbocycles. The first-order chi connectivity index (χ1) is 7.20. The second-order valence-corrected chi connectivity index (χ2v) is 4.39. The van der Waals surface area contributed by atoms with E-state index in [0.29, 0.717) is 4.47 Å². The van der Waals surface area contributed by atoms with Crippen molar-refractivity contribution in [3.63, 3.8) is 0 Å². The Morgan fingerprint density at radius 1 is 1.31 bits per heavy atom. The van der Waals surface area contributed by atoms with Crippen LogP contribution in [0.25, 0.3) is 0 Å². The van der Waals surface area contributed by atoms with Crippen LogP contribution >= 0.6 is 31.9 Å². The van der Waals surface area contributed by atoms with Crippen LogP contribution < -0.4 is 4.74 Å². The van der Waals surface area contributed by atoms with Crippen molar-refractivity contribution in [2.75, 3.05) is 0 Å². The Morgan fingerprint density at radius 2 is 1.88 bits per heavy atom. The van der Waals surface area contributed by atoms with Gasteiger partial charge in [-0.15, -0.1) is 13.2 Å². The van der Waals surface area contributed by atoms with Gasteiger partial charge < -0.3 is 9.84 Å². The zero-order valence-corrected chi connectivity index (χ0v) is 10.5. The minimum Gasteiger partial charge on any atom is -0.478 e. The fourth-order valence-electron chi connectivity index (χ4n) is 0.939. The average Bonchev–Trinajstić information content (AvgIpc) is 2.07. The minimum atomic E-state index is -4.94. The maximum Gasteiger partial charge on any atom is 0.573 e. The molecule has 3 nitrogen and oxygen atoms in total. The largest absolute Gasteiger partial charge is 0.573 e. The Morgan fingerprint density at radius 3 is 2.31 bits per heavy atom. The van der Waals surface area contributed by atoms with E-state index >= 15 is 0 Å². The molecule has 0 spiro atoms. The summed E-state index contributed by atoms with van der Waals surface area (Å²) in [6, 6.07) is 2.28. The van der Waals surface area contributed by atoms with E-state index in [9.17, 15) is 18.0 Å². The molecule has 1 N–H and O–H groups in total. The molecule has 8 heteroatoms. The molecule has 0 unspecified atom stereocenters. The summed E-state index contributed by atoms with van der Waals surface area (Å²) < 4.78 is 39.9. The molecule has 0 bridgehead atoms. The van der Waals surface area contributed by atoms with E-state index in [4.69, 9.17) is 5.11 Å². The van der Waals surface area contributed by atoms with Gasteiger partial charge in [0, 0.05) is 4.47 Å². The minimum absolute atomic E-state index is 0.100. The van der Waals surface area contributed by atoms with Crippen LogP contribution in [-0.2, 0) is 0 Å². The fraction of sp³-hybridized carbons (Fsp3) is 0.125. The highest BCUT2D eigenvalue weighted by atomic mass is 79.9. The molecule has 0 aliphatic rings. The summed E-state index contributed by atoms with van der Waals surface area (Å²) in [5, 5.41) is 8.72. The number of carbonyl (C=O) groups is 1. The number of rotatable bonds is 2. The van der Waals surface area contributed by atoms with Crippen molar-refractivity contribution in [2.45, 2.75) is 6.36 Å². The van der Waals surface area contributed by atoms with Gasteiger partial charge in [0.25, 0.3) is 0 Å². The van der Waals surface area contributed by atoms with Crippen LogP contribution in [0.4, 0.5) is 13.2 Å². The average molecular weight is 364 g/mol. The van der Waals surface area contributed by atoms with Crippen molar-refractivity contribution < 1.29 is 27.8 Å². The van der Waals surface area contributed by atoms with Crippen molar-refractivity contribution in [1.29, 1.82) is 0 Å². The second-order valence-electron chi connectivity index (χ2n) is 2.62. The van der Waals surface area contributed by atoms with Gasteiger partial charge in [-0.25, -0.2) is 4.79 Å². The summed E-state index contributed by atoms with van der Waals surface area (Å²) in [6.07, 6.45) is -4.94. The van der Waals surface area contributed by atoms with E-state index in [1.807, 2.05) is 0 Å². The van der Waals surface area contributed by atoms with Crippen molar-refractivity contribution >= 4 is 37.8 Å². The molecule has 0 radical (unpaired) electrons. The number of carboxylic acids is 1. The van der Waals surface area contributed by atoms with E-state index in [1.54, 1.807) is 0 Å².